The zero-order valence-electron chi connectivity index (χ0n) is 17.1. The highest BCUT2D eigenvalue weighted by atomic mass is 35.5. The molecule has 1 aromatic carbocycles. The van der Waals surface area contributed by atoms with Crippen LogP contribution < -0.4 is 5.32 Å². The minimum Gasteiger partial charge on any atom is -0.459 e. The van der Waals surface area contributed by atoms with E-state index in [9.17, 15) is 0 Å². The molecule has 0 spiro atoms. The van der Waals surface area contributed by atoms with Crippen molar-refractivity contribution in [2.24, 2.45) is 0 Å². The van der Waals surface area contributed by atoms with Crippen molar-refractivity contribution in [1.29, 1.82) is 0 Å². The smallest absolute Gasteiger partial charge is 0.170 e. The van der Waals surface area contributed by atoms with Crippen LogP contribution in [0.2, 0.25) is 5.02 Å². The molecule has 1 aliphatic rings. The maximum Gasteiger partial charge on any atom is 0.170 e. The Bertz CT molecular complexity index is 990. The molecule has 0 radical (unpaired) electrons. The van der Waals surface area contributed by atoms with E-state index in [1.807, 2.05) is 60.8 Å². The number of nitrogens with one attached hydrogen (secondary N) is 1. The minimum absolute atomic E-state index is 0.0596. The summed E-state index contributed by atoms with van der Waals surface area (Å²) in [6.45, 7) is 1.84. The van der Waals surface area contributed by atoms with Gasteiger partial charge in [-0.3, -0.25) is 4.98 Å². The van der Waals surface area contributed by atoms with E-state index in [4.69, 9.17) is 28.2 Å². The van der Waals surface area contributed by atoms with E-state index in [1.165, 1.54) is 0 Å². The molecule has 3 aromatic rings. The van der Waals surface area contributed by atoms with Gasteiger partial charge in [-0.05, 0) is 87.8 Å². The van der Waals surface area contributed by atoms with Gasteiger partial charge in [-0.25, -0.2) is 0 Å². The maximum absolute atomic E-state index is 6.33. The number of nitrogens with zero attached hydrogens (tertiary/aromatic N) is 3. The molecule has 0 amide bonds. The number of hydrogen-bond donors (Lipinski definition) is 1. The summed E-state index contributed by atoms with van der Waals surface area (Å²) in [5.74, 6) is 1.68. The van der Waals surface area contributed by atoms with E-state index in [-0.39, 0.29) is 12.1 Å². The number of halogens is 1. The summed E-state index contributed by atoms with van der Waals surface area (Å²) in [4.78, 5) is 8.98. The van der Waals surface area contributed by atoms with Gasteiger partial charge in [0.1, 0.15) is 17.6 Å². The highest BCUT2D eigenvalue weighted by molar-refractivity contribution is 7.80. The van der Waals surface area contributed by atoms with Gasteiger partial charge in [0.15, 0.2) is 5.11 Å². The molecule has 0 bridgehead atoms. The van der Waals surface area contributed by atoms with Gasteiger partial charge in [-0.1, -0.05) is 17.7 Å². The van der Waals surface area contributed by atoms with Crippen molar-refractivity contribution in [2.75, 3.05) is 27.2 Å². The normalized spacial score (nSPS) is 18.8. The molecule has 1 aliphatic heterocycles. The van der Waals surface area contributed by atoms with E-state index in [1.54, 1.807) is 0 Å². The third-order valence-corrected chi connectivity index (χ3v) is 5.85. The van der Waals surface area contributed by atoms with Gasteiger partial charge < -0.3 is 19.5 Å². The van der Waals surface area contributed by atoms with Gasteiger partial charge >= 0.3 is 0 Å². The molecule has 7 heteroatoms. The molecule has 1 N–H and O–H groups in total. The third-order valence-electron chi connectivity index (χ3n) is 5.25. The number of thiocarbonyl (C=S) groups is 1. The molecule has 0 unspecified atom stereocenters. The summed E-state index contributed by atoms with van der Waals surface area (Å²) >= 11 is 11.7. The first-order chi connectivity index (χ1) is 14.5. The quantitative estimate of drug-likeness (QED) is 0.526. The van der Waals surface area contributed by atoms with E-state index < -0.39 is 0 Å². The van der Waals surface area contributed by atoms with Crippen LogP contribution in [-0.2, 0) is 0 Å². The van der Waals surface area contributed by atoms with Crippen molar-refractivity contribution in [3.05, 3.63) is 77.3 Å². The topological polar surface area (TPSA) is 44.5 Å². The van der Waals surface area contributed by atoms with Crippen LogP contribution in [0.25, 0.3) is 11.3 Å². The predicted molar refractivity (Wildman–Crippen MR) is 124 cm³/mol. The minimum atomic E-state index is -0.0673. The number of benzene rings is 1. The lowest BCUT2D eigenvalue weighted by Crippen LogP contribution is -2.32. The monoisotopic (exact) mass is 440 g/mol. The first-order valence-corrected chi connectivity index (χ1v) is 10.8. The van der Waals surface area contributed by atoms with Gasteiger partial charge in [0.2, 0.25) is 0 Å². The van der Waals surface area contributed by atoms with Crippen LogP contribution in [0.3, 0.4) is 0 Å². The van der Waals surface area contributed by atoms with Crippen molar-refractivity contribution in [2.45, 2.75) is 18.5 Å². The van der Waals surface area contributed by atoms with Crippen LogP contribution in [0, 0.1) is 0 Å². The molecule has 2 atom stereocenters. The van der Waals surface area contributed by atoms with Gasteiger partial charge in [0.05, 0.1) is 11.7 Å². The van der Waals surface area contributed by atoms with Gasteiger partial charge in [-0.2, -0.15) is 0 Å². The molecule has 3 heterocycles. The van der Waals surface area contributed by atoms with Crippen molar-refractivity contribution < 1.29 is 4.42 Å². The second kappa shape index (κ2) is 9.16. The average Bonchev–Trinajstić information content (AvgIpc) is 3.34. The molecule has 1 saturated heterocycles. The second-order valence-corrected chi connectivity index (χ2v) is 8.51. The van der Waals surface area contributed by atoms with Crippen molar-refractivity contribution in [1.82, 2.24) is 20.1 Å². The highest BCUT2D eigenvalue weighted by Gasteiger charge is 2.41. The van der Waals surface area contributed by atoms with Crippen molar-refractivity contribution >= 4 is 28.9 Å². The Morgan fingerprint density at radius 1 is 1.13 bits per heavy atom. The molecule has 0 saturated carbocycles. The Kier molecular flexibility index (Phi) is 6.37. The molecule has 0 aliphatic carbocycles. The summed E-state index contributed by atoms with van der Waals surface area (Å²) in [6.07, 6.45) is 2.82. The lowest BCUT2D eigenvalue weighted by molar-refractivity contribution is 0.261. The van der Waals surface area contributed by atoms with E-state index in [2.05, 4.69) is 34.2 Å². The lowest BCUT2D eigenvalue weighted by atomic mass is 10.0. The van der Waals surface area contributed by atoms with Crippen LogP contribution in [0.5, 0.6) is 0 Å². The van der Waals surface area contributed by atoms with E-state index in [0.717, 1.165) is 47.4 Å². The Morgan fingerprint density at radius 3 is 2.63 bits per heavy atom. The zero-order valence-corrected chi connectivity index (χ0v) is 18.7. The predicted octanol–water partition coefficient (Wildman–Crippen LogP) is 4.92. The Hall–Kier alpha value is -2.41. The number of hydrogen-bond acceptors (Lipinski definition) is 4. The fourth-order valence-electron chi connectivity index (χ4n) is 3.79. The van der Waals surface area contributed by atoms with Crippen LogP contribution in [0.4, 0.5) is 0 Å². The largest absolute Gasteiger partial charge is 0.459 e. The molecular weight excluding hydrogens is 416 g/mol. The maximum atomic E-state index is 6.33. The fraction of sp³-hybridized carbons (Fsp3) is 0.304. The molecule has 2 aromatic heterocycles. The van der Waals surface area contributed by atoms with Crippen molar-refractivity contribution in [3.8, 4) is 11.3 Å². The Labute approximate surface area is 187 Å². The second-order valence-electron chi connectivity index (χ2n) is 7.69. The molecular formula is C23H25ClN4OS. The molecule has 156 valence electrons. The summed E-state index contributed by atoms with van der Waals surface area (Å²) in [5.41, 5.74) is 1.94. The summed E-state index contributed by atoms with van der Waals surface area (Å²) in [6, 6.07) is 17.5. The fourth-order valence-corrected chi connectivity index (χ4v) is 4.25. The Morgan fingerprint density at radius 2 is 1.93 bits per heavy atom. The molecule has 30 heavy (non-hydrogen) atoms. The molecule has 5 nitrogen and oxygen atoms in total. The lowest BCUT2D eigenvalue weighted by Gasteiger charge is -2.26. The number of rotatable bonds is 7. The van der Waals surface area contributed by atoms with E-state index >= 15 is 0 Å². The first kappa shape index (κ1) is 20.8. The third kappa shape index (κ3) is 4.51. The SMILES string of the molecule is CN(C)CCCN1C(=S)N[C@H](c2ccccn2)[C@@H]1c1ccc(-c2ccc(Cl)cc2)o1. The van der Waals surface area contributed by atoms with Crippen molar-refractivity contribution in [3.63, 3.8) is 0 Å². The van der Waals surface area contributed by atoms with Gasteiger partial charge in [-0.15, -0.1) is 0 Å². The number of pyridine rings is 1. The summed E-state index contributed by atoms with van der Waals surface area (Å²) < 4.78 is 6.33. The van der Waals surface area contributed by atoms with Gasteiger partial charge in [0, 0.05) is 23.3 Å². The van der Waals surface area contributed by atoms with Crippen LogP contribution in [-0.4, -0.2) is 47.1 Å². The average molecular weight is 441 g/mol. The van der Waals surface area contributed by atoms with Crippen LogP contribution in [0.15, 0.2) is 65.2 Å². The summed E-state index contributed by atoms with van der Waals surface area (Å²) in [5, 5.41) is 4.91. The zero-order chi connectivity index (χ0) is 21.1. The van der Waals surface area contributed by atoms with Gasteiger partial charge in [0.25, 0.3) is 0 Å². The van der Waals surface area contributed by atoms with E-state index in [0.29, 0.717) is 5.02 Å². The standard InChI is InChI=1S/C23H25ClN4OS/c1-27(2)14-5-15-28-22(21(26-23(28)30)18-6-3-4-13-25-18)20-12-11-19(29-20)16-7-9-17(24)10-8-16/h3-4,6-13,21-22H,5,14-15H2,1-2H3,(H,26,30)/t21-,22+/m1/s1. The van der Waals surface area contributed by atoms with Crippen LogP contribution >= 0.6 is 23.8 Å². The molecule has 4 rings (SSSR count). The molecule has 1 fully saturated rings. The van der Waals surface area contributed by atoms with Crippen LogP contribution in [0.1, 0.15) is 30.0 Å². The first-order valence-electron chi connectivity index (χ1n) is 10.0. The summed E-state index contributed by atoms with van der Waals surface area (Å²) in [7, 11) is 4.17. The number of furan rings is 1. The highest BCUT2D eigenvalue weighted by Crippen LogP contribution is 2.40. The number of aromatic nitrogens is 1. The Balaban J connectivity index is 1.65.